The van der Waals surface area contributed by atoms with Gasteiger partial charge in [0.15, 0.2) is 18.9 Å². The van der Waals surface area contributed by atoms with Crippen molar-refractivity contribution in [3.63, 3.8) is 0 Å². The van der Waals surface area contributed by atoms with Crippen LogP contribution in [0.15, 0.2) is 0 Å². The molecule has 3 fully saturated rings. The number of hydrogen-bond acceptors (Lipinski definition) is 14. The zero-order valence-corrected chi connectivity index (χ0v) is 16.6. The Morgan fingerprint density at radius 1 is 0.710 bits per heavy atom. The second-order valence-corrected chi connectivity index (χ2v) is 7.87. The highest BCUT2D eigenvalue weighted by Crippen LogP contribution is 2.31. The molecule has 3 saturated heterocycles. The van der Waals surface area contributed by atoms with Crippen LogP contribution in [0.3, 0.4) is 0 Å². The van der Waals surface area contributed by atoms with Crippen molar-refractivity contribution >= 4 is 0 Å². The fourth-order valence-corrected chi connectivity index (χ4v) is 3.69. The average molecular weight is 458 g/mol. The standard InChI is InChI=1S/C17H30O14/c1-4-7(20)13(30-16-11(24)8(21)5(19)3-27-16)14(15(26)28-4)31-17-12(25)10(23)9(22)6(2-18)29-17/h4-26H,2-3H2,1H3/t4-,5-,6-,7+,8+,9-,10+,11-,12-,13+,14-,15-,16+,17+/m1/s1. The van der Waals surface area contributed by atoms with Crippen LogP contribution in [0.4, 0.5) is 0 Å². The highest BCUT2D eigenvalue weighted by Gasteiger charge is 2.52. The predicted molar refractivity (Wildman–Crippen MR) is 93.8 cm³/mol. The Bertz CT molecular complexity index is 579. The van der Waals surface area contributed by atoms with E-state index >= 15 is 0 Å². The molecule has 0 aromatic heterocycles. The molecule has 182 valence electrons. The number of aliphatic hydroxyl groups is 9. The van der Waals surface area contributed by atoms with Crippen molar-refractivity contribution in [2.45, 2.75) is 92.9 Å². The molecule has 14 heteroatoms. The summed E-state index contributed by atoms with van der Waals surface area (Å²) in [7, 11) is 0. The van der Waals surface area contributed by atoms with Gasteiger partial charge in [0.1, 0.15) is 61.0 Å². The van der Waals surface area contributed by atoms with Crippen molar-refractivity contribution in [1.82, 2.24) is 0 Å². The lowest BCUT2D eigenvalue weighted by atomic mass is 9.97. The summed E-state index contributed by atoms with van der Waals surface area (Å²) in [4.78, 5) is 0. The monoisotopic (exact) mass is 458 g/mol. The van der Waals surface area contributed by atoms with E-state index in [-0.39, 0.29) is 6.61 Å². The molecule has 14 nitrogen and oxygen atoms in total. The van der Waals surface area contributed by atoms with Crippen LogP contribution < -0.4 is 0 Å². The molecular weight excluding hydrogens is 428 g/mol. The molecule has 31 heavy (non-hydrogen) atoms. The minimum atomic E-state index is -1.80. The predicted octanol–water partition coefficient (Wildman–Crippen LogP) is -5.91. The van der Waals surface area contributed by atoms with E-state index in [1.807, 2.05) is 0 Å². The van der Waals surface area contributed by atoms with E-state index in [1.165, 1.54) is 6.92 Å². The molecular formula is C17H30O14. The maximum Gasteiger partial charge on any atom is 0.187 e. The summed E-state index contributed by atoms with van der Waals surface area (Å²) in [5.41, 5.74) is 0. The first-order valence-corrected chi connectivity index (χ1v) is 9.85. The second kappa shape index (κ2) is 10.1. The van der Waals surface area contributed by atoms with Crippen LogP contribution in [0.2, 0.25) is 0 Å². The van der Waals surface area contributed by atoms with Crippen molar-refractivity contribution < 1.29 is 69.6 Å². The Morgan fingerprint density at radius 2 is 1.32 bits per heavy atom. The van der Waals surface area contributed by atoms with Gasteiger partial charge in [0.25, 0.3) is 0 Å². The first kappa shape index (κ1) is 25.1. The van der Waals surface area contributed by atoms with Crippen LogP contribution in [-0.2, 0) is 23.7 Å². The largest absolute Gasteiger partial charge is 0.394 e. The van der Waals surface area contributed by atoms with E-state index in [2.05, 4.69) is 0 Å². The third-order valence-corrected chi connectivity index (χ3v) is 5.66. The fraction of sp³-hybridized carbons (Fsp3) is 1.00. The summed E-state index contributed by atoms with van der Waals surface area (Å²) in [5.74, 6) is 0. The Kier molecular flexibility index (Phi) is 8.21. The van der Waals surface area contributed by atoms with E-state index < -0.39 is 92.6 Å². The maximum atomic E-state index is 10.5. The van der Waals surface area contributed by atoms with Crippen molar-refractivity contribution in [3.05, 3.63) is 0 Å². The van der Waals surface area contributed by atoms with Crippen LogP contribution >= 0.6 is 0 Å². The van der Waals surface area contributed by atoms with Crippen molar-refractivity contribution in [2.75, 3.05) is 13.2 Å². The lowest BCUT2D eigenvalue weighted by molar-refractivity contribution is -0.380. The first-order chi connectivity index (χ1) is 14.6. The van der Waals surface area contributed by atoms with Gasteiger partial charge >= 0.3 is 0 Å². The molecule has 0 radical (unpaired) electrons. The van der Waals surface area contributed by atoms with Crippen molar-refractivity contribution in [2.24, 2.45) is 0 Å². The van der Waals surface area contributed by atoms with Crippen molar-refractivity contribution in [1.29, 1.82) is 0 Å². The molecule has 0 amide bonds. The minimum Gasteiger partial charge on any atom is -0.394 e. The zero-order chi connectivity index (χ0) is 23.0. The number of ether oxygens (including phenoxy) is 5. The molecule has 3 heterocycles. The van der Waals surface area contributed by atoms with Gasteiger partial charge in [-0.1, -0.05) is 0 Å². The van der Waals surface area contributed by atoms with Gasteiger partial charge in [-0.2, -0.15) is 0 Å². The van der Waals surface area contributed by atoms with Crippen LogP contribution in [0.1, 0.15) is 6.92 Å². The van der Waals surface area contributed by atoms with E-state index in [0.717, 1.165) is 0 Å². The maximum absolute atomic E-state index is 10.5. The minimum absolute atomic E-state index is 0.376. The highest BCUT2D eigenvalue weighted by atomic mass is 16.8. The third kappa shape index (κ3) is 5.02. The molecule has 0 unspecified atom stereocenters. The zero-order valence-electron chi connectivity index (χ0n) is 16.6. The van der Waals surface area contributed by atoms with E-state index in [0.29, 0.717) is 0 Å². The molecule has 0 saturated carbocycles. The van der Waals surface area contributed by atoms with Crippen LogP contribution in [0.25, 0.3) is 0 Å². The highest BCUT2D eigenvalue weighted by molar-refractivity contribution is 4.94. The second-order valence-electron chi connectivity index (χ2n) is 7.87. The SMILES string of the molecule is C[C@H]1O[C@@H](O)[C@H](O[C@@H]2O[C@H](CO)[C@@H](O)[C@H](O)[C@H]2O)[C@@H](O[C@@H]2OC[C@@H](O)[C@H](O)[C@H]2O)[C@H]1O. The molecule has 14 atom stereocenters. The Labute approximate surface area is 176 Å². The summed E-state index contributed by atoms with van der Waals surface area (Å²) in [6.07, 6.45) is -21.5. The number of rotatable bonds is 5. The van der Waals surface area contributed by atoms with Crippen LogP contribution in [0.5, 0.6) is 0 Å². The van der Waals surface area contributed by atoms with Crippen molar-refractivity contribution in [3.8, 4) is 0 Å². The Hall–Kier alpha value is -0.560. The lowest BCUT2D eigenvalue weighted by Crippen LogP contribution is -2.65. The van der Waals surface area contributed by atoms with E-state index in [1.54, 1.807) is 0 Å². The van der Waals surface area contributed by atoms with Gasteiger partial charge in [0, 0.05) is 0 Å². The van der Waals surface area contributed by atoms with Crippen LogP contribution in [0, 0.1) is 0 Å². The van der Waals surface area contributed by atoms with Gasteiger partial charge in [-0.3, -0.25) is 0 Å². The number of aliphatic hydroxyl groups excluding tert-OH is 9. The topological polar surface area (TPSA) is 228 Å². The molecule has 0 bridgehead atoms. The van der Waals surface area contributed by atoms with Gasteiger partial charge < -0.3 is 69.6 Å². The molecule has 3 aliphatic heterocycles. The average Bonchev–Trinajstić information content (AvgIpc) is 2.74. The van der Waals surface area contributed by atoms with Gasteiger partial charge in [-0.05, 0) is 6.92 Å². The third-order valence-electron chi connectivity index (χ3n) is 5.66. The summed E-state index contributed by atoms with van der Waals surface area (Å²) >= 11 is 0. The molecule has 3 aliphatic rings. The van der Waals surface area contributed by atoms with Gasteiger partial charge in [-0.25, -0.2) is 0 Å². The summed E-state index contributed by atoms with van der Waals surface area (Å²) < 4.78 is 26.6. The van der Waals surface area contributed by atoms with E-state index in [4.69, 9.17) is 23.7 Å². The number of hydrogen-bond donors (Lipinski definition) is 9. The Morgan fingerprint density at radius 3 is 1.97 bits per heavy atom. The molecule has 0 aliphatic carbocycles. The normalized spacial score (nSPS) is 54.0. The van der Waals surface area contributed by atoms with Gasteiger partial charge in [0.2, 0.25) is 0 Å². The summed E-state index contributed by atoms with van der Waals surface area (Å²) in [6, 6.07) is 0. The fourth-order valence-electron chi connectivity index (χ4n) is 3.69. The molecule has 0 spiro atoms. The van der Waals surface area contributed by atoms with Gasteiger partial charge in [0.05, 0.1) is 19.3 Å². The molecule has 3 rings (SSSR count). The van der Waals surface area contributed by atoms with Crippen LogP contribution in [-0.4, -0.2) is 145 Å². The summed E-state index contributed by atoms with van der Waals surface area (Å²) in [5, 5.41) is 89.7. The smallest absolute Gasteiger partial charge is 0.187 e. The molecule has 9 N–H and O–H groups in total. The summed E-state index contributed by atoms with van der Waals surface area (Å²) in [6.45, 7) is 0.333. The molecule has 0 aromatic rings. The van der Waals surface area contributed by atoms with E-state index in [9.17, 15) is 46.0 Å². The lowest BCUT2D eigenvalue weighted by Gasteiger charge is -2.47. The quantitative estimate of drug-likeness (QED) is 0.187. The molecule has 0 aromatic carbocycles. The first-order valence-electron chi connectivity index (χ1n) is 9.85. The Balaban J connectivity index is 1.77. The van der Waals surface area contributed by atoms with Gasteiger partial charge in [-0.15, -0.1) is 0 Å².